The summed E-state index contributed by atoms with van der Waals surface area (Å²) < 4.78 is 42.7. The molecule has 0 radical (unpaired) electrons. The average Bonchev–Trinajstić information content (AvgIpc) is 3.02. The van der Waals surface area contributed by atoms with Crippen molar-refractivity contribution in [2.24, 2.45) is 0 Å². The van der Waals surface area contributed by atoms with Crippen molar-refractivity contribution in [1.29, 1.82) is 0 Å². The van der Waals surface area contributed by atoms with E-state index < -0.39 is 10.1 Å². The van der Waals surface area contributed by atoms with Gasteiger partial charge >= 0.3 is 10.1 Å². The van der Waals surface area contributed by atoms with Gasteiger partial charge in [0.2, 0.25) is 5.13 Å². The van der Waals surface area contributed by atoms with Crippen molar-refractivity contribution in [3.8, 4) is 5.75 Å². The van der Waals surface area contributed by atoms with Gasteiger partial charge in [0.25, 0.3) is 0 Å². The van der Waals surface area contributed by atoms with E-state index in [1.165, 1.54) is 35.2 Å². The summed E-state index contributed by atoms with van der Waals surface area (Å²) in [5, 5.41) is 11.4. The fourth-order valence-corrected chi connectivity index (χ4v) is 5.03. The van der Waals surface area contributed by atoms with E-state index >= 15 is 0 Å². The topological polar surface area (TPSA) is 81.2 Å². The third-order valence-electron chi connectivity index (χ3n) is 3.01. The third kappa shape index (κ3) is 5.68. The molecule has 3 aromatic rings. The van der Waals surface area contributed by atoms with Gasteiger partial charge in [-0.3, -0.25) is 0 Å². The first-order valence-electron chi connectivity index (χ1n) is 7.46. The van der Waals surface area contributed by atoms with Crippen molar-refractivity contribution in [1.82, 2.24) is 10.2 Å². The summed E-state index contributed by atoms with van der Waals surface area (Å²) in [6.07, 6.45) is 0. The molecular weight excluding hydrogens is 397 g/mol. The summed E-state index contributed by atoms with van der Waals surface area (Å²) in [6.45, 7) is 0. The molecule has 0 spiro atoms. The van der Waals surface area contributed by atoms with E-state index in [1.807, 2.05) is 0 Å². The van der Waals surface area contributed by atoms with Crippen molar-refractivity contribution < 1.29 is 17.0 Å². The summed E-state index contributed by atoms with van der Waals surface area (Å²) in [4.78, 5) is 0. The normalized spacial score (nSPS) is 11.3. The summed E-state index contributed by atoms with van der Waals surface area (Å²) in [7, 11) is -3.67. The maximum absolute atomic E-state index is 13.2. The van der Waals surface area contributed by atoms with Crippen molar-refractivity contribution in [3.63, 3.8) is 0 Å². The number of thioether (sulfide) groups is 1. The molecule has 1 heterocycles. The van der Waals surface area contributed by atoms with Crippen LogP contribution in [-0.2, 0) is 10.1 Å². The number of rotatable bonds is 8. The van der Waals surface area contributed by atoms with E-state index in [0.717, 1.165) is 0 Å². The lowest BCUT2D eigenvalue weighted by atomic mass is 10.3. The molecular formula is C16H14FN3O3S3. The lowest BCUT2D eigenvalue weighted by molar-refractivity contribution is 0.488. The molecule has 26 heavy (non-hydrogen) atoms. The Morgan fingerprint density at radius 1 is 1.12 bits per heavy atom. The minimum absolute atomic E-state index is 0.154. The molecule has 0 atom stereocenters. The zero-order valence-electron chi connectivity index (χ0n) is 13.3. The summed E-state index contributed by atoms with van der Waals surface area (Å²) in [6, 6.07) is 14.4. The van der Waals surface area contributed by atoms with Crippen LogP contribution in [0.1, 0.15) is 0 Å². The lowest BCUT2D eigenvalue weighted by Crippen LogP contribution is -2.15. The van der Waals surface area contributed by atoms with Crippen LogP contribution in [0, 0.1) is 5.82 Å². The predicted molar refractivity (Wildman–Crippen MR) is 101 cm³/mol. The van der Waals surface area contributed by atoms with E-state index in [1.54, 1.807) is 42.5 Å². The van der Waals surface area contributed by atoms with E-state index in [4.69, 9.17) is 4.18 Å². The zero-order valence-corrected chi connectivity index (χ0v) is 15.8. The van der Waals surface area contributed by atoms with Crippen LogP contribution in [0.15, 0.2) is 58.9 Å². The smallest absolute Gasteiger partial charge is 0.310 e. The first kappa shape index (κ1) is 18.6. The minimum Gasteiger partial charge on any atom is -0.382 e. The number of aromatic nitrogens is 2. The Labute approximate surface area is 158 Å². The minimum atomic E-state index is -3.67. The average molecular weight is 412 g/mol. The maximum atomic E-state index is 13.2. The van der Waals surface area contributed by atoms with Crippen LogP contribution in [0.25, 0.3) is 0 Å². The molecule has 136 valence electrons. The second-order valence-electron chi connectivity index (χ2n) is 5.02. The molecule has 0 aliphatic carbocycles. The molecule has 0 aliphatic heterocycles. The number of para-hydroxylation sites is 1. The molecule has 0 saturated heterocycles. The molecule has 1 N–H and O–H groups in total. The van der Waals surface area contributed by atoms with Crippen LogP contribution in [0.4, 0.5) is 15.2 Å². The molecule has 0 fully saturated rings. The Balaban J connectivity index is 1.50. The Hall–Kier alpha value is -2.17. The highest BCUT2D eigenvalue weighted by Crippen LogP contribution is 2.28. The van der Waals surface area contributed by atoms with Gasteiger partial charge in [-0.15, -0.1) is 10.2 Å². The van der Waals surface area contributed by atoms with E-state index in [9.17, 15) is 12.8 Å². The maximum Gasteiger partial charge on any atom is 0.310 e. The van der Waals surface area contributed by atoms with Gasteiger partial charge in [-0.2, -0.15) is 8.42 Å². The highest BCUT2D eigenvalue weighted by molar-refractivity contribution is 8.01. The summed E-state index contributed by atoms with van der Waals surface area (Å²) in [5.74, 6) is 0.0653. The van der Waals surface area contributed by atoms with Crippen LogP contribution in [0.5, 0.6) is 5.75 Å². The molecule has 0 unspecified atom stereocenters. The van der Waals surface area contributed by atoms with Gasteiger partial charge < -0.3 is 9.50 Å². The molecule has 10 heteroatoms. The van der Waals surface area contributed by atoms with Gasteiger partial charge in [-0.05, 0) is 30.3 Å². The number of anilines is 2. The van der Waals surface area contributed by atoms with Gasteiger partial charge in [0.05, 0.1) is 5.75 Å². The number of benzene rings is 2. The van der Waals surface area contributed by atoms with Crippen LogP contribution in [0.3, 0.4) is 0 Å². The molecule has 1 aromatic heterocycles. The van der Waals surface area contributed by atoms with Gasteiger partial charge in [0, 0.05) is 11.4 Å². The Morgan fingerprint density at radius 3 is 2.69 bits per heavy atom. The predicted octanol–water partition coefficient (Wildman–Crippen LogP) is 3.92. The van der Waals surface area contributed by atoms with Crippen LogP contribution < -0.4 is 9.50 Å². The number of halogens is 1. The summed E-state index contributed by atoms with van der Waals surface area (Å²) >= 11 is 2.52. The first-order chi connectivity index (χ1) is 12.5. The van der Waals surface area contributed by atoms with Crippen LogP contribution >= 0.6 is 23.1 Å². The standard InChI is InChI=1S/C16H14FN3O3S3/c17-12-5-4-6-13(11-12)18-15-19-20-16(25-15)24-9-10-26(21,22)23-14-7-2-1-3-8-14/h1-8,11H,9-10H2,(H,18,19). The largest absolute Gasteiger partial charge is 0.382 e. The SMILES string of the molecule is O=S(=O)(CCSc1nnc(Nc2cccc(F)c2)s1)Oc1ccccc1. The fourth-order valence-electron chi connectivity index (χ4n) is 1.90. The molecule has 6 nitrogen and oxygen atoms in total. The second kappa shape index (κ2) is 8.47. The number of hydrogen-bond donors (Lipinski definition) is 1. The first-order valence-corrected chi connectivity index (χ1v) is 10.8. The van der Waals surface area contributed by atoms with Crippen LogP contribution in [-0.4, -0.2) is 30.1 Å². The molecule has 0 saturated carbocycles. The Kier molecular flexibility index (Phi) is 6.07. The highest BCUT2D eigenvalue weighted by atomic mass is 32.2. The molecule has 2 aromatic carbocycles. The number of nitrogens with one attached hydrogen (secondary N) is 1. The third-order valence-corrected chi connectivity index (χ3v) is 6.39. The zero-order chi connectivity index (χ0) is 18.4. The van der Waals surface area contributed by atoms with E-state index in [-0.39, 0.29) is 23.1 Å². The van der Waals surface area contributed by atoms with Gasteiger partial charge in [0.15, 0.2) is 4.34 Å². The Morgan fingerprint density at radius 2 is 1.92 bits per heavy atom. The van der Waals surface area contributed by atoms with Gasteiger partial charge in [-0.25, -0.2) is 4.39 Å². The monoisotopic (exact) mass is 411 g/mol. The summed E-state index contributed by atoms with van der Waals surface area (Å²) in [5.41, 5.74) is 0.566. The second-order valence-corrected chi connectivity index (χ2v) is 9.02. The molecule has 0 bridgehead atoms. The van der Waals surface area contributed by atoms with Crippen LogP contribution in [0.2, 0.25) is 0 Å². The number of nitrogens with zero attached hydrogens (tertiary/aromatic N) is 2. The van der Waals surface area contributed by atoms with Crippen molar-refractivity contribution in [2.75, 3.05) is 16.8 Å². The van der Waals surface area contributed by atoms with Gasteiger partial charge in [0.1, 0.15) is 11.6 Å². The molecule has 0 amide bonds. The van der Waals surface area contributed by atoms with Crippen molar-refractivity contribution >= 4 is 44.0 Å². The van der Waals surface area contributed by atoms with E-state index in [2.05, 4.69) is 15.5 Å². The van der Waals surface area contributed by atoms with Gasteiger partial charge in [-0.1, -0.05) is 47.4 Å². The highest BCUT2D eigenvalue weighted by Gasteiger charge is 2.14. The molecule has 0 aliphatic rings. The quantitative estimate of drug-likeness (QED) is 0.444. The molecule has 3 rings (SSSR count). The van der Waals surface area contributed by atoms with Crippen molar-refractivity contribution in [3.05, 3.63) is 60.4 Å². The Bertz CT molecular complexity index is 965. The lowest BCUT2D eigenvalue weighted by Gasteiger charge is -2.05. The van der Waals surface area contributed by atoms with E-state index in [0.29, 0.717) is 15.2 Å². The fraction of sp³-hybridized carbons (Fsp3) is 0.125. The number of hydrogen-bond acceptors (Lipinski definition) is 8. The van der Waals surface area contributed by atoms with Crippen molar-refractivity contribution in [2.45, 2.75) is 4.34 Å².